The summed E-state index contributed by atoms with van der Waals surface area (Å²) >= 11 is 1.61. The summed E-state index contributed by atoms with van der Waals surface area (Å²) in [6.07, 6.45) is 3.70. The molecule has 2 N–H and O–H groups in total. The molecule has 0 unspecified atom stereocenters. The zero-order valence-electron chi connectivity index (χ0n) is 33.7. The van der Waals surface area contributed by atoms with Gasteiger partial charge in [0.1, 0.15) is 29.9 Å². The van der Waals surface area contributed by atoms with Crippen molar-refractivity contribution in [2.45, 2.75) is 77.1 Å². The minimum atomic E-state index is -0.844. The first-order valence-corrected chi connectivity index (χ1v) is 20.7. The van der Waals surface area contributed by atoms with E-state index in [2.05, 4.69) is 41.0 Å². The van der Waals surface area contributed by atoms with Crippen LogP contribution in [-0.4, -0.2) is 56.2 Å². The number of carbonyl (C=O) groups is 3. The topological polar surface area (TPSA) is 115 Å². The Morgan fingerprint density at radius 1 is 0.793 bits per heavy atom. The maximum absolute atomic E-state index is 14.4. The number of hydrogen-bond acceptors (Lipinski definition) is 8. The number of nitrogens with zero attached hydrogens (tertiary/aromatic N) is 1. The van der Waals surface area contributed by atoms with Gasteiger partial charge in [-0.15, -0.1) is 11.3 Å². The van der Waals surface area contributed by atoms with Crippen LogP contribution in [0.25, 0.3) is 10.4 Å². The lowest BCUT2D eigenvalue weighted by molar-refractivity contribution is -0.197. The van der Waals surface area contributed by atoms with E-state index in [0.717, 1.165) is 46.6 Å². The number of fused-ring (bicyclic) bond motifs is 1. The van der Waals surface area contributed by atoms with Gasteiger partial charge in [0.25, 0.3) is 0 Å². The van der Waals surface area contributed by atoms with E-state index in [9.17, 15) is 14.4 Å². The number of thiophene rings is 1. The summed E-state index contributed by atoms with van der Waals surface area (Å²) in [5, 5.41) is 7.66. The molecule has 0 saturated heterocycles. The van der Waals surface area contributed by atoms with Gasteiger partial charge in [0.05, 0.1) is 27.9 Å². The highest BCUT2D eigenvalue weighted by atomic mass is 32.1. The van der Waals surface area contributed by atoms with Crippen LogP contribution in [0.4, 0.5) is 0 Å². The Balaban J connectivity index is 1.21. The maximum Gasteiger partial charge on any atom is 0.247 e. The molecule has 0 radical (unpaired) electrons. The molecule has 5 aromatic rings. The standard InChI is InChI=1S/C47H53N3O7S/c1-5-6-12-36(27-45(51)50(57-31-32-17-20-39(54-2)21-18-32)30-37-19-22-40(55-3)28-43(37)56-4)46(52)49-42(29-41-23-24-44(58-41)33-13-8-7-9-14-33)47(53)48-38-25-34-15-10-11-16-35(34)26-38/h7-11,13-24,28,36,38,42H,5-6,12,25-27,29-31H2,1-4H3,(H,48,53)(H,49,52)/t36-,42+/m1/s1. The van der Waals surface area contributed by atoms with Gasteiger partial charge in [-0.2, -0.15) is 0 Å². The number of nitrogens with one attached hydrogen (secondary N) is 2. The second kappa shape index (κ2) is 20.7. The number of hydroxylamine groups is 2. The zero-order chi connectivity index (χ0) is 40.9. The third-order valence-corrected chi connectivity index (χ3v) is 11.6. The molecule has 0 aliphatic heterocycles. The number of rotatable bonds is 20. The molecule has 2 atom stereocenters. The number of amides is 3. The van der Waals surface area contributed by atoms with E-state index < -0.39 is 12.0 Å². The third-order valence-electron chi connectivity index (χ3n) is 10.5. The largest absolute Gasteiger partial charge is 0.497 e. The Hall–Kier alpha value is -5.65. The highest BCUT2D eigenvalue weighted by Gasteiger charge is 2.32. The number of ether oxygens (including phenoxy) is 3. The molecule has 0 bridgehead atoms. The minimum Gasteiger partial charge on any atom is -0.497 e. The van der Waals surface area contributed by atoms with Gasteiger partial charge in [0.2, 0.25) is 17.7 Å². The molecule has 1 aliphatic carbocycles. The van der Waals surface area contributed by atoms with Gasteiger partial charge in [0.15, 0.2) is 0 Å². The Kier molecular flexibility index (Phi) is 15.0. The van der Waals surface area contributed by atoms with Crippen molar-refractivity contribution < 1.29 is 33.4 Å². The summed E-state index contributed by atoms with van der Waals surface area (Å²) in [6, 6.07) is 34.3. The normalized spacial score (nSPS) is 13.2. The lowest BCUT2D eigenvalue weighted by Crippen LogP contribution is -2.52. The summed E-state index contributed by atoms with van der Waals surface area (Å²) in [5.74, 6) is 0.216. The van der Waals surface area contributed by atoms with Crippen LogP contribution in [0.15, 0.2) is 109 Å². The third kappa shape index (κ3) is 11.3. The summed E-state index contributed by atoms with van der Waals surface area (Å²) in [5.41, 5.74) is 5.09. The number of unbranched alkanes of at least 4 members (excludes halogenated alkanes) is 1. The molecule has 1 aliphatic rings. The van der Waals surface area contributed by atoms with Crippen molar-refractivity contribution in [3.05, 3.63) is 136 Å². The van der Waals surface area contributed by atoms with Gasteiger partial charge in [-0.05, 0) is 77.9 Å². The molecule has 0 spiro atoms. The lowest BCUT2D eigenvalue weighted by atomic mass is 9.96. The molecule has 4 aromatic carbocycles. The second-order valence-corrected chi connectivity index (χ2v) is 15.7. The maximum atomic E-state index is 14.4. The van der Waals surface area contributed by atoms with Crippen LogP contribution in [-0.2, 0) is 51.6 Å². The SMILES string of the molecule is CCCC[C@H](CC(=O)N(Cc1ccc(OC)cc1OC)OCc1ccc(OC)cc1)C(=O)N[C@@H](Cc1ccc(-c2ccccc2)s1)C(=O)NC1Cc2ccccc2C1. The van der Waals surface area contributed by atoms with E-state index in [-0.39, 0.29) is 43.3 Å². The molecule has 6 rings (SSSR count). The summed E-state index contributed by atoms with van der Waals surface area (Å²) in [4.78, 5) is 51.1. The predicted octanol–water partition coefficient (Wildman–Crippen LogP) is 8.11. The number of methoxy groups -OCH3 is 3. The van der Waals surface area contributed by atoms with Crippen molar-refractivity contribution in [1.82, 2.24) is 15.7 Å². The molecule has 1 aromatic heterocycles. The molecule has 304 valence electrons. The Bertz CT molecular complexity index is 2100. The zero-order valence-corrected chi connectivity index (χ0v) is 34.5. The fourth-order valence-corrected chi connectivity index (χ4v) is 8.27. The monoisotopic (exact) mass is 803 g/mol. The minimum absolute atomic E-state index is 0.0706. The molecule has 11 heteroatoms. The van der Waals surface area contributed by atoms with Crippen molar-refractivity contribution >= 4 is 29.1 Å². The molecule has 10 nitrogen and oxygen atoms in total. The van der Waals surface area contributed by atoms with Crippen LogP contribution in [0.5, 0.6) is 17.2 Å². The number of carbonyl (C=O) groups excluding carboxylic acids is 3. The molecule has 3 amide bonds. The van der Waals surface area contributed by atoms with Crippen LogP contribution in [0, 0.1) is 5.92 Å². The van der Waals surface area contributed by atoms with Gasteiger partial charge in [0, 0.05) is 46.2 Å². The van der Waals surface area contributed by atoms with Crippen LogP contribution in [0.2, 0.25) is 0 Å². The van der Waals surface area contributed by atoms with Crippen molar-refractivity contribution in [2.24, 2.45) is 5.92 Å². The van der Waals surface area contributed by atoms with Gasteiger partial charge in [-0.25, -0.2) is 5.06 Å². The Labute approximate surface area is 345 Å². The van der Waals surface area contributed by atoms with E-state index in [0.29, 0.717) is 35.7 Å². The van der Waals surface area contributed by atoms with E-state index in [1.807, 2.05) is 73.7 Å². The molecular weight excluding hydrogens is 751 g/mol. The lowest BCUT2D eigenvalue weighted by Gasteiger charge is -2.27. The van der Waals surface area contributed by atoms with E-state index in [4.69, 9.17) is 19.0 Å². The predicted molar refractivity (Wildman–Crippen MR) is 227 cm³/mol. The number of benzene rings is 4. The average molecular weight is 804 g/mol. The van der Waals surface area contributed by atoms with E-state index in [1.165, 1.54) is 16.2 Å². The smallest absolute Gasteiger partial charge is 0.247 e. The molecular formula is C47H53N3O7S. The molecule has 0 fully saturated rings. The van der Waals surface area contributed by atoms with Gasteiger partial charge in [-0.3, -0.25) is 19.2 Å². The van der Waals surface area contributed by atoms with Gasteiger partial charge in [-0.1, -0.05) is 86.5 Å². The van der Waals surface area contributed by atoms with Crippen molar-refractivity contribution in [3.63, 3.8) is 0 Å². The summed E-state index contributed by atoms with van der Waals surface area (Å²) in [6.45, 7) is 2.23. The highest BCUT2D eigenvalue weighted by Crippen LogP contribution is 2.30. The average Bonchev–Trinajstić information content (AvgIpc) is 3.90. The van der Waals surface area contributed by atoms with Gasteiger partial charge >= 0.3 is 0 Å². The molecule has 0 saturated carbocycles. The van der Waals surface area contributed by atoms with Crippen LogP contribution >= 0.6 is 11.3 Å². The van der Waals surface area contributed by atoms with Crippen LogP contribution < -0.4 is 24.8 Å². The summed E-state index contributed by atoms with van der Waals surface area (Å²) in [7, 11) is 4.74. The first-order valence-electron chi connectivity index (χ1n) is 19.9. The van der Waals surface area contributed by atoms with E-state index in [1.54, 1.807) is 44.8 Å². The molecule has 58 heavy (non-hydrogen) atoms. The first kappa shape index (κ1) is 42.0. The van der Waals surface area contributed by atoms with E-state index >= 15 is 0 Å². The quantitative estimate of drug-likeness (QED) is 0.0765. The Morgan fingerprint density at radius 2 is 1.48 bits per heavy atom. The fourth-order valence-electron chi connectivity index (χ4n) is 7.21. The van der Waals surface area contributed by atoms with Crippen molar-refractivity contribution in [3.8, 4) is 27.7 Å². The highest BCUT2D eigenvalue weighted by molar-refractivity contribution is 7.15. The Morgan fingerprint density at radius 3 is 2.16 bits per heavy atom. The van der Waals surface area contributed by atoms with Gasteiger partial charge < -0.3 is 24.8 Å². The first-order chi connectivity index (χ1) is 28.3. The van der Waals surface area contributed by atoms with Crippen molar-refractivity contribution in [2.75, 3.05) is 21.3 Å². The second-order valence-electron chi connectivity index (χ2n) is 14.6. The summed E-state index contributed by atoms with van der Waals surface area (Å²) < 4.78 is 16.3. The van der Waals surface area contributed by atoms with Crippen LogP contribution in [0.1, 0.15) is 59.7 Å². The molecule has 1 heterocycles. The number of hydrogen-bond donors (Lipinski definition) is 2. The van der Waals surface area contributed by atoms with Crippen molar-refractivity contribution in [1.29, 1.82) is 0 Å². The fraction of sp³-hybridized carbons (Fsp3) is 0.340. The van der Waals surface area contributed by atoms with Crippen LogP contribution in [0.3, 0.4) is 0 Å².